The molecular formula is C12H15N5O3. The summed E-state index contributed by atoms with van der Waals surface area (Å²) in [6.45, 7) is 2.16. The Morgan fingerprint density at radius 2 is 2.35 bits per heavy atom. The lowest BCUT2D eigenvalue weighted by Crippen LogP contribution is -2.23. The van der Waals surface area contributed by atoms with Crippen molar-refractivity contribution in [3.8, 4) is 11.5 Å². The maximum atomic E-state index is 10.8. The number of pyridine rings is 1. The number of rotatable bonds is 6. The predicted molar refractivity (Wildman–Crippen MR) is 68.8 cm³/mol. The smallest absolute Gasteiger partial charge is 0.306 e. The second-order valence-corrected chi connectivity index (χ2v) is 4.31. The van der Waals surface area contributed by atoms with Crippen LogP contribution in [0.3, 0.4) is 0 Å². The van der Waals surface area contributed by atoms with Crippen molar-refractivity contribution in [2.24, 2.45) is 0 Å². The summed E-state index contributed by atoms with van der Waals surface area (Å²) in [4.78, 5) is 15.0. The van der Waals surface area contributed by atoms with Gasteiger partial charge in [0, 0.05) is 13.3 Å². The first-order valence-corrected chi connectivity index (χ1v) is 6.04. The number of aromatic nitrogens is 5. The molecule has 0 saturated heterocycles. The fraction of sp³-hybridized carbons (Fsp3) is 0.417. The Bertz CT molecular complexity index is 598. The Balaban J connectivity index is 2.25. The van der Waals surface area contributed by atoms with E-state index in [0.717, 1.165) is 5.56 Å². The van der Waals surface area contributed by atoms with Gasteiger partial charge in [0.05, 0.1) is 19.1 Å². The molecule has 0 amide bonds. The first kappa shape index (κ1) is 14.1. The fourth-order valence-corrected chi connectivity index (χ4v) is 1.83. The highest BCUT2D eigenvalue weighted by atomic mass is 16.5. The van der Waals surface area contributed by atoms with Crippen molar-refractivity contribution in [1.82, 2.24) is 25.2 Å². The molecule has 0 aliphatic carbocycles. The zero-order chi connectivity index (χ0) is 14.5. The molecule has 2 heterocycles. The number of hydrogen-bond acceptors (Lipinski definition) is 6. The number of nitrogens with zero attached hydrogens (tertiary/aromatic N) is 5. The van der Waals surface area contributed by atoms with E-state index in [0.29, 0.717) is 11.5 Å². The summed E-state index contributed by atoms with van der Waals surface area (Å²) >= 11 is 0. The van der Waals surface area contributed by atoms with Gasteiger partial charge in [0.25, 0.3) is 0 Å². The summed E-state index contributed by atoms with van der Waals surface area (Å²) in [7, 11) is 1.46. The first-order chi connectivity index (χ1) is 9.61. The van der Waals surface area contributed by atoms with Crippen LogP contribution in [0.5, 0.6) is 0 Å². The summed E-state index contributed by atoms with van der Waals surface area (Å²) in [6, 6.07) is 3.74. The van der Waals surface area contributed by atoms with Crippen LogP contribution in [0, 0.1) is 6.92 Å². The van der Waals surface area contributed by atoms with E-state index < -0.39 is 12.1 Å². The van der Waals surface area contributed by atoms with Crippen LogP contribution in [0.1, 0.15) is 12.0 Å². The number of methoxy groups -OCH3 is 1. The van der Waals surface area contributed by atoms with Crippen LogP contribution in [0.2, 0.25) is 0 Å². The van der Waals surface area contributed by atoms with Gasteiger partial charge in [0.15, 0.2) is 0 Å². The van der Waals surface area contributed by atoms with Crippen LogP contribution in [-0.4, -0.2) is 49.5 Å². The highest BCUT2D eigenvalue weighted by Gasteiger charge is 2.18. The van der Waals surface area contributed by atoms with E-state index in [2.05, 4.69) is 20.5 Å². The number of tetrazole rings is 1. The molecule has 20 heavy (non-hydrogen) atoms. The van der Waals surface area contributed by atoms with Gasteiger partial charge in [-0.25, -0.2) is 4.68 Å². The summed E-state index contributed by atoms with van der Waals surface area (Å²) < 4.78 is 6.64. The normalized spacial score (nSPS) is 12.3. The Labute approximate surface area is 115 Å². The third kappa shape index (κ3) is 3.15. The number of aryl methyl sites for hydroxylation is 1. The van der Waals surface area contributed by atoms with Gasteiger partial charge < -0.3 is 9.84 Å². The predicted octanol–water partition coefficient (Wildman–Crippen LogP) is 0.533. The van der Waals surface area contributed by atoms with Gasteiger partial charge in [-0.2, -0.15) is 0 Å². The van der Waals surface area contributed by atoms with Gasteiger partial charge in [-0.05, 0) is 29.0 Å². The Morgan fingerprint density at radius 3 is 3.00 bits per heavy atom. The van der Waals surface area contributed by atoms with Crippen molar-refractivity contribution in [2.75, 3.05) is 7.11 Å². The Hall–Kier alpha value is -2.35. The molecule has 2 rings (SSSR count). The number of carboxylic acid groups (broad SMARTS) is 1. The Kier molecular flexibility index (Phi) is 4.36. The maximum absolute atomic E-state index is 10.8. The number of carbonyl (C=O) groups is 1. The quantitative estimate of drug-likeness (QED) is 0.821. The molecule has 0 saturated carbocycles. The van der Waals surface area contributed by atoms with Gasteiger partial charge in [0.1, 0.15) is 5.69 Å². The second kappa shape index (κ2) is 6.20. The maximum Gasteiger partial charge on any atom is 0.306 e. The van der Waals surface area contributed by atoms with Crippen LogP contribution in [0.4, 0.5) is 0 Å². The minimum absolute atomic E-state index is 0.114. The van der Waals surface area contributed by atoms with E-state index in [-0.39, 0.29) is 13.0 Å². The SMILES string of the molecule is COC(CC(=O)O)Cn1nnnc1-c1ncccc1C. The number of aliphatic carboxylic acids is 1. The summed E-state index contributed by atoms with van der Waals surface area (Å²) in [5, 5.41) is 20.3. The van der Waals surface area contributed by atoms with Crippen LogP contribution in [0.25, 0.3) is 11.5 Å². The van der Waals surface area contributed by atoms with Crippen LogP contribution in [-0.2, 0) is 16.1 Å². The zero-order valence-electron chi connectivity index (χ0n) is 11.2. The van der Waals surface area contributed by atoms with Gasteiger partial charge in [0.2, 0.25) is 5.82 Å². The van der Waals surface area contributed by atoms with E-state index in [1.54, 1.807) is 6.20 Å². The molecule has 1 unspecified atom stereocenters. The molecule has 106 valence electrons. The van der Waals surface area contributed by atoms with E-state index in [9.17, 15) is 4.79 Å². The van der Waals surface area contributed by atoms with Gasteiger partial charge in [-0.1, -0.05) is 6.07 Å². The molecule has 0 fully saturated rings. The third-order valence-electron chi connectivity index (χ3n) is 2.87. The second-order valence-electron chi connectivity index (χ2n) is 4.31. The standard InChI is InChI=1S/C12H15N5O3/c1-8-4-3-5-13-11(8)12-14-15-16-17(12)7-9(20-2)6-10(18)19/h3-5,9H,6-7H2,1-2H3,(H,18,19). The monoisotopic (exact) mass is 277 g/mol. The van der Waals surface area contributed by atoms with Gasteiger partial charge >= 0.3 is 5.97 Å². The summed E-state index contributed by atoms with van der Waals surface area (Å²) in [5.74, 6) is -0.434. The Morgan fingerprint density at radius 1 is 1.55 bits per heavy atom. The van der Waals surface area contributed by atoms with Crippen molar-refractivity contribution in [1.29, 1.82) is 0 Å². The van der Waals surface area contributed by atoms with Crippen molar-refractivity contribution < 1.29 is 14.6 Å². The van der Waals surface area contributed by atoms with E-state index in [1.165, 1.54) is 11.8 Å². The van der Waals surface area contributed by atoms with Crippen LogP contribution >= 0.6 is 0 Å². The summed E-state index contributed by atoms with van der Waals surface area (Å²) in [6.07, 6.45) is 1.04. The van der Waals surface area contributed by atoms with Crippen molar-refractivity contribution in [2.45, 2.75) is 26.0 Å². The lowest BCUT2D eigenvalue weighted by molar-refractivity contribution is -0.139. The molecule has 2 aromatic rings. The van der Waals surface area contributed by atoms with Crippen LogP contribution in [0.15, 0.2) is 18.3 Å². The molecule has 0 aliphatic heterocycles. The molecule has 8 nitrogen and oxygen atoms in total. The molecule has 0 spiro atoms. The molecule has 0 aromatic carbocycles. The lowest BCUT2D eigenvalue weighted by Gasteiger charge is -2.13. The van der Waals surface area contributed by atoms with Crippen LogP contribution < -0.4 is 0 Å². The molecule has 8 heteroatoms. The minimum atomic E-state index is -0.930. The molecule has 2 aromatic heterocycles. The third-order valence-corrected chi connectivity index (χ3v) is 2.87. The first-order valence-electron chi connectivity index (χ1n) is 6.04. The zero-order valence-corrected chi connectivity index (χ0v) is 11.2. The average Bonchev–Trinajstić information content (AvgIpc) is 2.86. The van der Waals surface area contributed by atoms with Crippen molar-refractivity contribution >= 4 is 5.97 Å². The topological polar surface area (TPSA) is 103 Å². The lowest BCUT2D eigenvalue weighted by atomic mass is 10.2. The van der Waals surface area contributed by atoms with Crippen molar-refractivity contribution in [3.63, 3.8) is 0 Å². The molecule has 1 atom stereocenters. The molecule has 0 radical (unpaired) electrons. The number of carboxylic acids is 1. The van der Waals surface area contributed by atoms with Crippen molar-refractivity contribution in [3.05, 3.63) is 23.9 Å². The van der Waals surface area contributed by atoms with E-state index in [1.807, 2.05) is 19.1 Å². The van der Waals surface area contributed by atoms with E-state index in [4.69, 9.17) is 9.84 Å². The average molecular weight is 277 g/mol. The molecule has 0 aliphatic rings. The molecule has 1 N–H and O–H groups in total. The minimum Gasteiger partial charge on any atom is -0.481 e. The largest absolute Gasteiger partial charge is 0.481 e. The molecule has 0 bridgehead atoms. The fourth-order valence-electron chi connectivity index (χ4n) is 1.83. The van der Waals surface area contributed by atoms with E-state index >= 15 is 0 Å². The number of ether oxygens (including phenoxy) is 1. The highest BCUT2D eigenvalue weighted by molar-refractivity contribution is 5.67. The molecular weight excluding hydrogens is 262 g/mol. The number of hydrogen-bond donors (Lipinski definition) is 1. The van der Waals surface area contributed by atoms with Gasteiger partial charge in [-0.3, -0.25) is 9.78 Å². The van der Waals surface area contributed by atoms with Gasteiger partial charge in [-0.15, -0.1) is 5.10 Å². The summed E-state index contributed by atoms with van der Waals surface area (Å²) in [5.41, 5.74) is 1.61. The highest BCUT2D eigenvalue weighted by Crippen LogP contribution is 2.17.